The number of aryl methyl sites for hydroxylation is 2. The fourth-order valence-electron chi connectivity index (χ4n) is 3.14. The van der Waals surface area contributed by atoms with Crippen LogP contribution in [0.1, 0.15) is 33.2 Å². The highest BCUT2D eigenvalue weighted by Gasteiger charge is 2.26. The zero-order valence-corrected chi connectivity index (χ0v) is 20.2. The first-order valence-corrected chi connectivity index (χ1v) is 12.3. The third kappa shape index (κ3) is 7.33. The molecule has 0 bridgehead atoms. The number of esters is 1. The Hall–Kier alpha value is -3.82. The average Bonchev–Trinajstić information content (AvgIpc) is 2.85. The van der Waals surface area contributed by atoms with Gasteiger partial charge in [0.05, 0.1) is 11.4 Å². The molecule has 35 heavy (non-hydrogen) atoms. The lowest BCUT2D eigenvalue weighted by Crippen LogP contribution is -2.39. The number of amides is 1. The Morgan fingerprint density at radius 3 is 1.97 bits per heavy atom. The lowest BCUT2D eigenvalue weighted by molar-refractivity contribution is -0.147. The topological polar surface area (TPSA) is 119 Å². The highest BCUT2D eigenvalue weighted by atomic mass is 32.2. The molecule has 2 N–H and O–H groups in total. The van der Waals surface area contributed by atoms with Crippen molar-refractivity contribution < 1.29 is 27.5 Å². The fraction of sp³-hybridized carbons (Fsp3) is 0.192. The SMILES string of the molecule is Cc1ccc(C(=O)[C@@H](OC(=O)CNC(=O)CNS(=O)(=O)c2ccc(C)cc2)c2ccccc2)cc1. The van der Waals surface area contributed by atoms with Crippen LogP contribution in [0.4, 0.5) is 0 Å². The first kappa shape index (κ1) is 25.8. The van der Waals surface area contributed by atoms with Crippen molar-refractivity contribution in [1.29, 1.82) is 0 Å². The number of carbonyl (C=O) groups is 3. The van der Waals surface area contributed by atoms with E-state index < -0.39 is 46.9 Å². The molecule has 0 spiro atoms. The number of benzene rings is 3. The van der Waals surface area contributed by atoms with Crippen LogP contribution in [0.5, 0.6) is 0 Å². The Labute approximate surface area is 204 Å². The molecule has 0 aromatic heterocycles. The van der Waals surface area contributed by atoms with Crippen molar-refractivity contribution in [2.45, 2.75) is 24.8 Å². The van der Waals surface area contributed by atoms with Gasteiger partial charge in [-0.1, -0.05) is 77.9 Å². The van der Waals surface area contributed by atoms with Crippen LogP contribution >= 0.6 is 0 Å². The number of ether oxygens (including phenoxy) is 1. The van der Waals surface area contributed by atoms with Gasteiger partial charge < -0.3 is 10.1 Å². The minimum Gasteiger partial charge on any atom is -0.448 e. The van der Waals surface area contributed by atoms with Gasteiger partial charge in [0.15, 0.2) is 6.10 Å². The molecule has 1 amide bonds. The Morgan fingerprint density at radius 2 is 1.37 bits per heavy atom. The van der Waals surface area contributed by atoms with Crippen LogP contribution in [0, 0.1) is 13.8 Å². The minimum absolute atomic E-state index is 0.0237. The maximum atomic E-state index is 13.1. The fourth-order valence-corrected chi connectivity index (χ4v) is 4.12. The molecule has 3 rings (SSSR count). The summed E-state index contributed by atoms with van der Waals surface area (Å²) < 4.78 is 32.2. The number of rotatable bonds is 10. The second-order valence-corrected chi connectivity index (χ2v) is 9.69. The van der Waals surface area contributed by atoms with Gasteiger partial charge in [-0.3, -0.25) is 14.4 Å². The molecule has 0 fully saturated rings. The van der Waals surface area contributed by atoms with Gasteiger partial charge in [-0.25, -0.2) is 13.1 Å². The third-order valence-corrected chi connectivity index (χ3v) is 6.53. The third-order valence-electron chi connectivity index (χ3n) is 5.11. The summed E-state index contributed by atoms with van der Waals surface area (Å²) in [6, 6.07) is 21.6. The molecule has 0 unspecified atom stereocenters. The molecular weight excluding hydrogens is 468 g/mol. The van der Waals surface area contributed by atoms with Crippen LogP contribution in [0.15, 0.2) is 83.8 Å². The zero-order chi connectivity index (χ0) is 25.4. The predicted molar refractivity (Wildman–Crippen MR) is 130 cm³/mol. The zero-order valence-electron chi connectivity index (χ0n) is 19.4. The van der Waals surface area contributed by atoms with Gasteiger partial charge in [0.2, 0.25) is 21.7 Å². The van der Waals surface area contributed by atoms with E-state index >= 15 is 0 Å². The highest BCUT2D eigenvalue weighted by Crippen LogP contribution is 2.23. The summed E-state index contributed by atoms with van der Waals surface area (Å²) in [6.45, 7) is 2.63. The molecule has 3 aromatic carbocycles. The monoisotopic (exact) mass is 494 g/mol. The van der Waals surface area contributed by atoms with Crippen molar-refractivity contribution in [3.63, 3.8) is 0 Å². The van der Waals surface area contributed by atoms with Crippen molar-refractivity contribution in [3.8, 4) is 0 Å². The predicted octanol–water partition coefficient (Wildman–Crippen LogP) is 2.87. The van der Waals surface area contributed by atoms with Gasteiger partial charge in [0.1, 0.15) is 6.54 Å². The van der Waals surface area contributed by atoms with E-state index in [1.54, 1.807) is 66.7 Å². The van der Waals surface area contributed by atoms with Crippen molar-refractivity contribution in [3.05, 3.63) is 101 Å². The molecule has 182 valence electrons. The smallest absolute Gasteiger partial charge is 0.326 e. The van der Waals surface area contributed by atoms with Crippen LogP contribution in [0.2, 0.25) is 0 Å². The minimum atomic E-state index is -3.88. The summed E-state index contributed by atoms with van der Waals surface area (Å²) in [5, 5.41) is 2.31. The Balaban J connectivity index is 1.59. The largest absolute Gasteiger partial charge is 0.448 e. The van der Waals surface area contributed by atoms with E-state index in [2.05, 4.69) is 10.0 Å². The number of hydrogen-bond acceptors (Lipinski definition) is 6. The summed E-state index contributed by atoms with van der Waals surface area (Å²) in [7, 11) is -3.88. The lowest BCUT2D eigenvalue weighted by atomic mass is 9.99. The molecule has 0 saturated carbocycles. The highest BCUT2D eigenvalue weighted by molar-refractivity contribution is 7.89. The number of hydrogen-bond donors (Lipinski definition) is 2. The van der Waals surface area contributed by atoms with Crippen LogP contribution in [-0.2, 0) is 24.3 Å². The molecule has 0 aliphatic rings. The van der Waals surface area contributed by atoms with E-state index in [1.165, 1.54) is 12.1 Å². The summed E-state index contributed by atoms with van der Waals surface area (Å²) in [5.41, 5.74) is 2.75. The summed E-state index contributed by atoms with van der Waals surface area (Å²) in [6.07, 6.45) is -1.19. The Morgan fingerprint density at radius 1 is 0.800 bits per heavy atom. The van der Waals surface area contributed by atoms with E-state index in [0.29, 0.717) is 11.1 Å². The molecule has 0 radical (unpaired) electrons. The maximum Gasteiger partial charge on any atom is 0.326 e. The van der Waals surface area contributed by atoms with Gasteiger partial charge in [0, 0.05) is 11.1 Å². The number of carbonyl (C=O) groups excluding carboxylic acids is 3. The summed E-state index contributed by atoms with van der Waals surface area (Å²) in [5.74, 6) is -1.96. The molecule has 1 atom stereocenters. The van der Waals surface area contributed by atoms with Crippen LogP contribution in [-0.4, -0.2) is 39.2 Å². The van der Waals surface area contributed by atoms with E-state index in [-0.39, 0.29) is 4.90 Å². The van der Waals surface area contributed by atoms with Crippen LogP contribution in [0.25, 0.3) is 0 Å². The van der Waals surface area contributed by atoms with Crippen molar-refractivity contribution in [1.82, 2.24) is 10.0 Å². The Bertz CT molecular complexity index is 1290. The van der Waals surface area contributed by atoms with Gasteiger partial charge in [-0.2, -0.15) is 0 Å². The second-order valence-electron chi connectivity index (χ2n) is 7.93. The van der Waals surface area contributed by atoms with E-state index in [9.17, 15) is 22.8 Å². The van der Waals surface area contributed by atoms with Gasteiger partial charge in [-0.15, -0.1) is 0 Å². The average molecular weight is 495 g/mol. The van der Waals surface area contributed by atoms with Crippen molar-refractivity contribution in [2.75, 3.05) is 13.1 Å². The lowest BCUT2D eigenvalue weighted by Gasteiger charge is -2.18. The molecule has 3 aromatic rings. The molecule has 9 heteroatoms. The molecule has 0 aliphatic carbocycles. The van der Waals surface area contributed by atoms with Crippen LogP contribution in [0.3, 0.4) is 0 Å². The normalized spacial score (nSPS) is 11.9. The number of Topliss-reactive ketones (excluding diaryl/α,β-unsaturated/α-hetero) is 1. The molecule has 0 aliphatic heterocycles. The quantitative estimate of drug-likeness (QED) is 0.331. The maximum absolute atomic E-state index is 13.1. The molecule has 0 saturated heterocycles. The van der Waals surface area contributed by atoms with E-state index in [4.69, 9.17) is 4.74 Å². The van der Waals surface area contributed by atoms with Crippen molar-refractivity contribution >= 4 is 27.7 Å². The van der Waals surface area contributed by atoms with Gasteiger partial charge in [-0.05, 0) is 26.0 Å². The van der Waals surface area contributed by atoms with Crippen molar-refractivity contribution in [2.24, 2.45) is 0 Å². The molecule has 8 nitrogen and oxygen atoms in total. The Kier molecular flexibility index (Phi) is 8.51. The number of nitrogens with one attached hydrogen (secondary N) is 2. The van der Waals surface area contributed by atoms with Gasteiger partial charge >= 0.3 is 5.97 Å². The summed E-state index contributed by atoms with van der Waals surface area (Å²) in [4.78, 5) is 37.6. The molecule has 0 heterocycles. The van der Waals surface area contributed by atoms with Gasteiger partial charge in [0.25, 0.3) is 0 Å². The number of ketones is 1. The van der Waals surface area contributed by atoms with Crippen LogP contribution < -0.4 is 10.0 Å². The summed E-state index contributed by atoms with van der Waals surface area (Å²) >= 11 is 0. The standard InChI is InChI=1S/C26H26N2O6S/c1-18-8-12-20(13-9-18)25(31)26(21-6-4-3-5-7-21)34-24(30)17-27-23(29)16-28-35(32,33)22-14-10-19(2)11-15-22/h3-15,26,28H,16-17H2,1-2H3,(H,27,29)/t26-/m0/s1. The second kappa shape index (κ2) is 11.5. The number of sulfonamides is 1. The first-order valence-electron chi connectivity index (χ1n) is 10.8. The first-order chi connectivity index (χ1) is 16.7. The molecular formula is C26H26N2O6S. The van der Waals surface area contributed by atoms with E-state index in [1.807, 2.05) is 13.8 Å². The van der Waals surface area contributed by atoms with E-state index in [0.717, 1.165) is 11.1 Å².